The minimum atomic E-state index is -0.505. The number of aldehydes is 1. The van der Waals surface area contributed by atoms with Crippen molar-refractivity contribution >= 4 is 23.9 Å². The van der Waals surface area contributed by atoms with E-state index in [0.29, 0.717) is 17.7 Å². The van der Waals surface area contributed by atoms with E-state index < -0.39 is 11.9 Å². The van der Waals surface area contributed by atoms with E-state index >= 15 is 0 Å². The third-order valence-corrected chi connectivity index (χ3v) is 2.31. The molecule has 0 aliphatic heterocycles. The number of ether oxygens (including phenoxy) is 2. The number of benzene rings is 1. The monoisotopic (exact) mass is 265 g/mol. The zero-order valence-electron chi connectivity index (χ0n) is 10.8. The molecule has 1 N–H and O–H groups in total. The molecule has 0 saturated heterocycles. The molecule has 19 heavy (non-hydrogen) atoms. The molecule has 0 bridgehead atoms. The minimum absolute atomic E-state index is 0.204. The standard InChI is InChI=1S/C13H15NO5/c1-3-13(17)19-8-12(16)14-11-5-4-10(18-2)6-9(11)7-15/h4-7H,3,8H2,1-2H3,(H,14,16). The van der Waals surface area contributed by atoms with Crippen LogP contribution in [0.25, 0.3) is 0 Å². The largest absolute Gasteiger partial charge is 0.497 e. The highest BCUT2D eigenvalue weighted by atomic mass is 16.5. The number of esters is 1. The Labute approximate surface area is 110 Å². The number of nitrogens with one attached hydrogen (secondary N) is 1. The molecule has 1 aromatic rings. The molecule has 6 heteroatoms. The van der Waals surface area contributed by atoms with E-state index in [1.807, 2.05) is 0 Å². The number of hydrogen-bond donors (Lipinski definition) is 1. The van der Waals surface area contributed by atoms with Gasteiger partial charge in [-0.05, 0) is 18.2 Å². The third-order valence-electron chi connectivity index (χ3n) is 2.31. The summed E-state index contributed by atoms with van der Waals surface area (Å²) in [6, 6.07) is 4.66. The highest BCUT2D eigenvalue weighted by molar-refractivity contribution is 5.97. The van der Waals surface area contributed by atoms with Crippen LogP contribution in [0.4, 0.5) is 5.69 Å². The molecule has 0 fully saturated rings. The molecule has 0 heterocycles. The zero-order chi connectivity index (χ0) is 14.3. The van der Waals surface area contributed by atoms with Gasteiger partial charge in [-0.2, -0.15) is 0 Å². The van der Waals surface area contributed by atoms with Crippen LogP contribution in [0.3, 0.4) is 0 Å². The maximum atomic E-state index is 11.5. The van der Waals surface area contributed by atoms with Crippen LogP contribution in [0.5, 0.6) is 5.75 Å². The lowest BCUT2D eigenvalue weighted by Gasteiger charge is -2.09. The van der Waals surface area contributed by atoms with Gasteiger partial charge in [0.1, 0.15) is 5.75 Å². The Morgan fingerprint density at radius 2 is 2.11 bits per heavy atom. The summed E-state index contributed by atoms with van der Waals surface area (Å²) in [7, 11) is 1.48. The second kappa shape index (κ2) is 7.15. The predicted molar refractivity (Wildman–Crippen MR) is 68.3 cm³/mol. The Morgan fingerprint density at radius 3 is 2.68 bits per heavy atom. The second-order valence-corrected chi connectivity index (χ2v) is 3.63. The number of rotatable bonds is 6. The Balaban J connectivity index is 2.68. The fraction of sp³-hybridized carbons (Fsp3) is 0.308. The zero-order valence-corrected chi connectivity index (χ0v) is 10.8. The average molecular weight is 265 g/mol. The Hall–Kier alpha value is -2.37. The van der Waals surface area contributed by atoms with Gasteiger partial charge in [-0.3, -0.25) is 14.4 Å². The van der Waals surface area contributed by atoms with Crippen LogP contribution in [0, 0.1) is 0 Å². The predicted octanol–water partition coefficient (Wildman–Crippen LogP) is 1.40. The van der Waals surface area contributed by atoms with E-state index in [1.54, 1.807) is 19.1 Å². The highest BCUT2D eigenvalue weighted by Crippen LogP contribution is 2.20. The molecule has 0 aromatic heterocycles. The molecule has 1 rings (SSSR count). The number of amides is 1. The average Bonchev–Trinajstić information content (AvgIpc) is 2.45. The maximum absolute atomic E-state index is 11.5. The normalized spacial score (nSPS) is 9.58. The summed E-state index contributed by atoms with van der Waals surface area (Å²) in [5.74, 6) is -0.451. The highest BCUT2D eigenvalue weighted by Gasteiger charge is 2.09. The molecule has 0 spiro atoms. The molecule has 0 aliphatic rings. The summed E-state index contributed by atoms with van der Waals surface area (Å²) in [4.78, 5) is 33.3. The SMILES string of the molecule is CCC(=O)OCC(=O)Nc1ccc(OC)cc1C=O. The van der Waals surface area contributed by atoms with Gasteiger partial charge >= 0.3 is 5.97 Å². The van der Waals surface area contributed by atoms with Gasteiger partial charge in [0, 0.05) is 12.0 Å². The summed E-state index contributed by atoms with van der Waals surface area (Å²) in [5, 5.41) is 2.49. The Morgan fingerprint density at radius 1 is 1.37 bits per heavy atom. The van der Waals surface area contributed by atoms with Gasteiger partial charge in [0.15, 0.2) is 12.9 Å². The van der Waals surface area contributed by atoms with Crippen molar-refractivity contribution in [3.05, 3.63) is 23.8 Å². The summed E-state index contributed by atoms with van der Waals surface area (Å²) >= 11 is 0. The second-order valence-electron chi connectivity index (χ2n) is 3.63. The molecule has 0 aliphatic carbocycles. The van der Waals surface area contributed by atoms with Gasteiger partial charge in [0.25, 0.3) is 5.91 Å². The minimum Gasteiger partial charge on any atom is -0.497 e. The van der Waals surface area contributed by atoms with Crippen molar-refractivity contribution < 1.29 is 23.9 Å². The number of methoxy groups -OCH3 is 1. The van der Waals surface area contributed by atoms with E-state index in [0.717, 1.165) is 0 Å². The molecule has 0 unspecified atom stereocenters. The van der Waals surface area contributed by atoms with Crippen LogP contribution in [0.15, 0.2) is 18.2 Å². The smallest absolute Gasteiger partial charge is 0.306 e. The first kappa shape index (κ1) is 14.7. The van der Waals surface area contributed by atoms with Crippen LogP contribution in [0.2, 0.25) is 0 Å². The lowest BCUT2D eigenvalue weighted by molar-refractivity contribution is -0.146. The molecule has 1 aromatic carbocycles. The number of carbonyl (C=O) groups excluding carboxylic acids is 3. The lowest BCUT2D eigenvalue weighted by atomic mass is 10.2. The van der Waals surface area contributed by atoms with E-state index in [-0.39, 0.29) is 18.6 Å². The van der Waals surface area contributed by atoms with E-state index in [9.17, 15) is 14.4 Å². The van der Waals surface area contributed by atoms with Crippen LogP contribution in [0.1, 0.15) is 23.7 Å². The number of anilines is 1. The maximum Gasteiger partial charge on any atom is 0.306 e. The summed E-state index contributed by atoms with van der Waals surface area (Å²) in [5.41, 5.74) is 0.628. The van der Waals surface area contributed by atoms with Crippen molar-refractivity contribution in [3.8, 4) is 5.75 Å². The first-order valence-electron chi connectivity index (χ1n) is 5.69. The van der Waals surface area contributed by atoms with Crippen LogP contribution >= 0.6 is 0 Å². The molecule has 0 atom stereocenters. The first-order chi connectivity index (χ1) is 9.10. The summed E-state index contributed by atoms with van der Waals surface area (Å²) in [6.45, 7) is 1.26. The fourth-order valence-electron chi connectivity index (χ4n) is 1.31. The van der Waals surface area contributed by atoms with Crippen molar-refractivity contribution in [1.29, 1.82) is 0 Å². The van der Waals surface area contributed by atoms with Gasteiger partial charge in [-0.15, -0.1) is 0 Å². The van der Waals surface area contributed by atoms with Crippen LogP contribution in [-0.4, -0.2) is 31.9 Å². The lowest BCUT2D eigenvalue weighted by Crippen LogP contribution is -2.21. The van der Waals surface area contributed by atoms with Gasteiger partial charge < -0.3 is 14.8 Å². The van der Waals surface area contributed by atoms with Gasteiger partial charge in [-0.25, -0.2) is 0 Å². The topological polar surface area (TPSA) is 81.7 Å². The molecule has 0 radical (unpaired) electrons. The van der Waals surface area contributed by atoms with Crippen molar-refractivity contribution in [2.45, 2.75) is 13.3 Å². The third kappa shape index (κ3) is 4.42. The van der Waals surface area contributed by atoms with E-state index in [1.165, 1.54) is 13.2 Å². The van der Waals surface area contributed by atoms with E-state index in [4.69, 9.17) is 4.74 Å². The molecular formula is C13H15NO5. The molecular weight excluding hydrogens is 250 g/mol. The Bertz CT molecular complexity index is 484. The number of hydrogen-bond acceptors (Lipinski definition) is 5. The number of carbonyl (C=O) groups is 3. The van der Waals surface area contributed by atoms with Crippen LogP contribution < -0.4 is 10.1 Å². The molecule has 102 valence electrons. The summed E-state index contributed by atoms with van der Waals surface area (Å²) in [6.07, 6.45) is 0.811. The first-order valence-corrected chi connectivity index (χ1v) is 5.69. The van der Waals surface area contributed by atoms with Gasteiger partial charge in [0.05, 0.1) is 12.8 Å². The molecule has 6 nitrogen and oxygen atoms in total. The van der Waals surface area contributed by atoms with Crippen LogP contribution in [-0.2, 0) is 14.3 Å². The van der Waals surface area contributed by atoms with Crippen molar-refractivity contribution in [2.75, 3.05) is 19.0 Å². The van der Waals surface area contributed by atoms with Gasteiger partial charge in [-0.1, -0.05) is 6.92 Å². The van der Waals surface area contributed by atoms with E-state index in [2.05, 4.69) is 10.1 Å². The van der Waals surface area contributed by atoms with Crippen molar-refractivity contribution in [3.63, 3.8) is 0 Å². The molecule has 1 amide bonds. The molecule has 0 saturated carbocycles. The Kier molecular flexibility index (Phi) is 5.53. The van der Waals surface area contributed by atoms with Crippen molar-refractivity contribution in [2.24, 2.45) is 0 Å². The fourth-order valence-corrected chi connectivity index (χ4v) is 1.31. The quantitative estimate of drug-likeness (QED) is 0.621. The summed E-state index contributed by atoms with van der Waals surface area (Å²) < 4.78 is 9.65. The van der Waals surface area contributed by atoms with Gasteiger partial charge in [0.2, 0.25) is 0 Å². The van der Waals surface area contributed by atoms with Crippen molar-refractivity contribution in [1.82, 2.24) is 0 Å².